The molecule has 0 saturated carbocycles. The number of carboxylic acids is 1. The lowest BCUT2D eigenvalue weighted by Crippen LogP contribution is -2.36. The van der Waals surface area contributed by atoms with Crippen molar-refractivity contribution in [1.29, 1.82) is 0 Å². The van der Waals surface area contributed by atoms with Gasteiger partial charge in [-0.05, 0) is 41.5 Å². The summed E-state index contributed by atoms with van der Waals surface area (Å²) < 4.78 is 33.7. The van der Waals surface area contributed by atoms with Crippen LogP contribution >= 0.6 is 0 Å². The van der Waals surface area contributed by atoms with E-state index in [0.29, 0.717) is 11.3 Å². The molecule has 32 heavy (non-hydrogen) atoms. The number of rotatable bonds is 12. The number of aliphatic carboxylic acids is 1. The number of esters is 1. The van der Waals surface area contributed by atoms with E-state index in [9.17, 15) is 33.2 Å². The van der Waals surface area contributed by atoms with Gasteiger partial charge in [0, 0.05) is 0 Å². The van der Waals surface area contributed by atoms with Crippen molar-refractivity contribution in [3.63, 3.8) is 0 Å². The van der Waals surface area contributed by atoms with Gasteiger partial charge in [-0.25, -0.2) is 8.42 Å². The van der Waals surface area contributed by atoms with E-state index in [1.165, 1.54) is 14.0 Å². The van der Waals surface area contributed by atoms with Gasteiger partial charge in [0.2, 0.25) is 0 Å². The molecule has 2 rings (SSSR count). The predicted molar refractivity (Wildman–Crippen MR) is 113 cm³/mol. The highest BCUT2D eigenvalue weighted by molar-refractivity contribution is 7.91. The van der Waals surface area contributed by atoms with E-state index in [4.69, 9.17) is 9.47 Å². The molecule has 0 heterocycles. The molecule has 11 nitrogen and oxygen atoms in total. The molecule has 0 bridgehead atoms. The van der Waals surface area contributed by atoms with Gasteiger partial charge >= 0.3 is 11.9 Å². The summed E-state index contributed by atoms with van der Waals surface area (Å²) in [5.74, 6) is -2.66. The lowest BCUT2D eigenvalue weighted by Gasteiger charge is -2.25. The molecule has 0 spiro atoms. The fourth-order valence-electron chi connectivity index (χ4n) is 2.96. The van der Waals surface area contributed by atoms with Gasteiger partial charge in [-0.3, -0.25) is 9.59 Å². The molecule has 0 aliphatic rings. The average molecular weight is 469 g/mol. The minimum atomic E-state index is -3.75. The lowest BCUT2D eigenvalue weighted by molar-refractivity contribution is -0.756. The zero-order chi connectivity index (χ0) is 23.9. The maximum atomic E-state index is 12.3. The first-order valence-corrected chi connectivity index (χ1v) is 11.2. The Kier molecular flexibility index (Phi) is 7.97. The molecule has 0 fully saturated rings. The van der Waals surface area contributed by atoms with Crippen LogP contribution in [0.25, 0.3) is 10.8 Å². The summed E-state index contributed by atoms with van der Waals surface area (Å²) in [6.07, 6.45) is -0.519. The van der Waals surface area contributed by atoms with E-state index in [2.05, 4.69) is 4.84 Å². The molecule has 0 amide bonds. The zero-order valence-corrected chi connectivity index (χ0v) is 18.3. The van der Waals surface area contributed by atoms with Gasteiger partial charge in [0.1, 0.15) is 24.4 Å². The summed E-state index contributed by atoms with van der Waals surface area (Å²) in [5, 5.41) is 20.3. The van der Waals surface area contributed by atoms with Crippen molar-refractivity contribution in [3.05, 3.63) is 52.1 Å². The van der Waals surface area contributed by atoms with Crippen molar-refractivity contribution < 1.29 is 42.5 Å². The molecule has 0 aliphatic carbocycles. The van der Waals surface area contributed by atoms with Crippen LogP contribution in [-0.4, -0.2) is 62.4 Å². The number of methoxy groups -OCH3 is 1. The highest BCUT2D eigenvalue weighted by Crippen LogP contribution is 2.32. The van der Waals surface area contributed by atoms with E-state index < -0.39 is 63.4 Å². The SMILES string of the molecule is COc1ccc2cc(C(C)(CC(=O)OCCS(=O)(=O)CCO[N+](=O)[O-])C(=O)O)ccc2c1. The Hall–Kier alpha value is -3.41. The topological polar surface area (TPSA) is 159 Å². The molecular weight excluding hydrogens is 446 g/mol. The number of carbonyl (C=O) groups excluding carboxylic acids is 1. The third kappa shape index (κ3) is 6.54. The summed E-state index contributed by atoms with van der Waals surface area (Å²) in [6.45, 7) is 0.244. The monoisotopic (exact) mass is 469 g/mol. The van der Waals surface area contributed by atoms with Crippen molar-refractivity contribution in [2.24, 2.45) is 0 Å². The van der Waals surface area contributed by atoms with Crippen LogP contribution in [0, 0.1) is 10.1 Å². The van der Waals surface area contributed by atoms with Crippen LogP contribution in [-0.2, 0) is 34.4 Å². The highest BCUT2D eigenvalue weighted by atomic mass is 32.2. The van der Waals surface area contributed by atoms with Gasteiger partial charge in [-0.1, -0.05) is 18.2 Å². The van der Waals surface area contributed by atoms with Gasteiger partial charge in [0.05, 0.1) is 25.0 Å². The average Bonchev–Trinajstić information content (AvgIpc) is 2.72. The number of carbonyl (C=O) groups is 2. The Bertz CT molecular complexity index is 1110. The highest BCUT2D eigenvalue weighted by Gasteiger charge is 2.38. The second-order valence-corrected chi connectivity index (χ2v) is 9.47. The fourth-order valence-corrected chi connectivity index (χ4v) is 3.83. The molecule has 12 heteroatoms. The van der Waals surface area contributed by atoms with E-state index >= 15 is 0 Å². The number of benzene rings is 2. The van der Waals surface area contributed by atoms with Crippen molar-refractivity contribution in [1.82, 2.24) is 0 Å². The van der Waals surface area contributed by atoms with E-state index in [0.717, 1.165) is 10.8 Å². The van der Waals surface area contributed by atoms with Gasteiger partial charge in [-0.2, -0.15) is 0 Å². The lowest BCUT2D eigenvalue weighted by atomic mass is 9.79. The minimum Gasteiger partial charge on any atom is -0.497 e. The Morgan fingerprint density at radius 2 is 1.72 bits per heavy atom. The quantitative estimate of drug-likeness (QED) is 0.275. The van der Waals surface area contributed by atoms with Gasteiger partial charge < -0.3 is 19.4 Å². The van der Waals surface area contributed by atoms with Crippen LogP contribution in [0.4, 0.5) is 0 Å². The van der Waals surface area contributed by atoms with E-state index in [-0.39, 0.29) is 0 Å². The second kappa shape index (κ2) is 10.3. The first-order chi connectivity index (χ1) is 15.0. The van der Waals surface area contributed by atoms with Crippen LogP contribution in [0.2, 0.25) is 0 Å². The van der Waals surface area contributed by atoms with Crippen LogP contribution in [0.5, 0.6) is 5.75 Å². The maximum Gasteiger partial charge on any atom is 0.314 e. The first-order valence-electron chi connectivity index (χ1n) is 9.42. The molecule has 1 N–H and O–H groups in total. The number of carboxylic acid groups (broad SMARTS) is 1. The first kappa shape index (κ1) is 24.9. The van der Waals surface area contributed by atoms with Crippen molar-refractivity contribution in [2.75, 3.05) is 31.8 Å². The number of sulfone groups is 1. The van der Waals surface area contributed by atoms with Crippen LogP contribution < -0.4 is 4.74 Å². The maximum absolute atomic E-state index is 12.3. The number of ether oxygens (including phenoxy) is 2. The normalized spacial score (nSPS) is 13.2. The second-order valence-electron chi connectivity index (χ2n) is 7.17. The molecule has 0 aromatic heterocycles. The Balaban J connectivity index is 2.05. The molecular formula is C20H23NO10S. The van der Waals surface area contributed by atoms with Gasteiger partial charge in [0.15, 0.2) is 9.84 Å². The minimum absolute atomic E-state index is 0.379. The van der Waals surface area contributed by atoms with Gasteiger partial charge in [-0.15, -0.1) is 10.1 Å². The molecule has 0 aliphatic heterocycles. The summed E-state index contributed by atoms with van der Waals surface area (Å²) in [4.78, 5) is 38.3. The van der Waals surface area contributed by atoms with E-state index in [1.54, 1.807) is 36.4 Å². The number of hydrogen-bond donors (Lipinski definition) is 1. The molecule has 2 aromatic carbocycles. The largest absolute Gasteiger partial charge is 0.497 e. The fraction of sp³-hybridized carbons (Fsp3) is 0.400. The molecule has 1 atom stereocenters. The summed E-state index contributed by atoms with van der Waals surface area (Å²) in [6, 6.07) is 10.3. The Labute approximate surface area is 183 Å². The smallest absolute Gasteiger partial charge is 0.314 e. The third-order valence-corrected chi connectivity index (χ3v) is 6.48. The van der Waals surface area contributed by atoms with Crippen LogP contribution in [0.15, 0.2) is 36.4 Å². The number of fused-ring (bicyclic) bond motifs is 1. The van der Waals surface area contributed by atoms with E-state index in [1.807, 2.05) is 0 Å². The summed E-state index contributed by atoms with van der Waals surface area (Å²) >= 11 is 0. The Morgan fingerprint density at radius 1 is 1.09 bits per heavy atom. The standard InChI is InChI=1S/C20H23NO10S/c1-20(19(23)24,16-5-3-15-12-17(29-2)6-4-14(15)11-16)13-18(22)30-7-9-32(27,28)10-8-31-21(25)26/h3-6,11-12H,7-10,13H2,1-2H3,(H,23,24). The molecule has 0 radical (unpaired) electrons. The summed E-state index contributed by atoms with van der Waals surface area (Å²) in [7, 11) is -2.21. The van der Waals surface area contributed by atoms with Crippen molar-refractivity contribution in [3.8, 4) is 5.75 Å². The Morgan fingerprint density at radius 3 is 2.34 bits per heavy atom. The number of nitrogens with zero attached hydrogens (tertiary/aromatic N) is 1. The number of hydrogen-bond acceptors (Lipinski definition) is 9. The van der Waals surface area contributed by atoms with Crippen molar-refractivity contribution >= 4 is 32.5 Å². The molecule has 1 unspecified atom stereocenters. The third-order valence-electron chi connectivity index (χ3n) is 4.90. The molecule has 2 aromatic rings. The molecule has 174 valence electrons. The van der Waals surface area contributed by atoms with Crippen LogP contribution in [0.3, 0.4) is 0 Å². The zero-order valence-electron chi connectivity index (χ0n) is 17.5. The van der Waals surface area contributed by atoms with Crippen LogP contribution in [0.1, 0.15) is 18.9 Å². The van der Waals surface area contributed by atoms with Gasteiger partial charge in [0.25, 0.3) is 5.09 Å². The molecule has 0 saturated heterocycles. The predicted octanol–water partition coefficient (Wildman–Crippen LogP) is 1.75. The van der Waals surface area contributed by atoms with Crippen molar-refractivity contribution in [2.45, 2.75) is 18.8 Å². The summed E-state index contributed by atoms with van der Waals surface area (Å²) in [5.41, 5.74) is -1.23.